The highest BCUT2D eigenvalue weighted by atomic mass is 32.1. The van der Waals surface area contributed by atoms with Crippen LogP contribution in [0.25, 0.3) is 21.3 Å². The number of carbonyl (C=O) groups is 1. The maximum Gasteiger partial charge on any atom is 0.251 e. The maximum absolute atomic E-state index is 12.4. The number of aliphatic hydroxyl groups is 1. The summed E-state index contributed by atoms with van der Waals surface area (Å²) < 4.78 is 1.21. The molecule has 5 heteroatoms. The van der Waals surface area contributed by atoms with Crippen molar-refractivity contribution in [2.75, 3.05) is 0 Å². The van der Waals surface area contributed by atoms with E-state index in [2.05, 4.69) is 21.7 Å². The quantitative estimate of drug-likeness (QED) is 0.749. The first-order chi connectivity index (χ1) is 12.2. The molecule has 0 saturated heterocycles. The van der Waals surface area contributed by atoms with E-state index < -0.39 is 0 Å². The molecule has 3 aromatic rings. The number of aliphatic hydroxyl groups excluding tert-OH is 1. The first-order valence-corrected chi connectivity index (χ1v) is 9.50. The summed E-state index contributed by atoms with van der Waals surface area (Å²) in [6.45, 7) is 0. The highest BCUT2D eigenvalue weighted by molar-refractivity contribution is 7.17. The van der Waals surface area contributed by atoms with Crippen molar-refractivity contribution < 1.29 is 9.90 Å². The minimum Gasteiger partial charge on any atom is -0.393 e. The van der Waals surface area contributed by atoms with E-state index in [-0.39, 0.29) is 18.1 Å². The normalized spacial score (nSPS) is 20.5. The monoisotopic (exact) mass is 352 g/mol. The van der Waals surface area contributed by atoms with Gasteiger partial charge < -0.3 is 10.4 Å². The molecular formula is C20H20N2O2S. The van der Waals surface area contributed by atoms with Gasteiger partial charge in [-0.25, -0.2) is 0 Å². The van der Waals surface area contributed by atoms with Gasteiger partial charge in [-0.1, -0.05) is 12.1 Å². The Morgan fingerprint density at radius 2 is 1.84 bits per heavy atom. The number of hydrogen-bond acceptors (Lipinski definition) is 4. The molecule has 1 saturated carbocycles. The van der Waals surface area contributed by atoms with Gasteiger partial charge in [0, 0.05) is 33.5 Å². The summed E-state index contributed by atoms with van der Waals surface area (Å²) in [7, 11) is 0. The van der Waals surface area contributed by atoms with Crippen LogP contribution in [0.15, 0.2) is 48.0 Å². The van der Waals surface area contributed by atoms with Gasteiger partial charge in [0.15, 0.2) is 0 Å². The lowest BCUT2D eigenvalue weighted by molar-refractivity contribution is 0.0867. The van der Waals surface area contributed by atoms with Crippen molar-refractivity contribution in [2.45, 2.75) is 37.8 Å². The molecule has 0 atom stereocenters. The van der Waals surface area contributed by atoms with Gasteiger partial charge in [0.25, 0.3) is 5.91 Å². The molecule has 0 bridgehead atoms. The standard InChI is InChI=1S/C20H20N2O2S/c23-16-7-5-15(6-8-16)22-20(24)14-3-1-13(2-4-14)19-17-10-12-25-18(17)9-11-21-19/h1-4,9-12,15-16,23H,5-8H2,(H,22,24). The van der Waals surface area contributed by atoms with Crippen molar-refractivity contribution in [3.05, 3.63) is 53.5 Å². The topological polar surface area (TPSA) is 62.2 Å². The molecule has 25 heavy (non-hydrogen) atoms. The number of nitrogens with one attached hydrogen (secondary N) is 1. The van der Waals surface area contributed by atoms with E-state index in [0.29, 0.717) is 5.56 Å². The first kappa shape index (κ1) is 16.2. The van der Waals surface area contributed by atoms with Gasteiger partial charge in [0.05, 0.1) is 11.8 Å². The van der Waals surface area contributed by atoms with Crippen molar-refractivity contribution in [3.63, 3.8) is 0 Å². The van der Waals surface area contributed by atoms with Gasteiger partial charge in [-0.2, -0.15) is 0 Å². The largest absolute Gasteiger partial charge is 0.393 e. The Kier molecular flexibility index (Phi) is 4.51. The predicted octanol–water partition coefficient (Wildman–Crippen LogP) is 4.00. The zero-order valence-corrected chi connectivity index (χ0v) is 14.6. The molecule has 1 amide bonds. The number of aromatic nitrogens is 1. The molecule has 0 spiro atoms. The molecule has 1 aromatic carbocycles. The lowest BCUT2D eigenvalue weighted by Crippen LogP contribution is -2.38. The zero-order valence-electron chi connectivity index (χ0n) is 13.8. The molecular weight excluding hydrogens is 332 g/mol. The molecule has 2 aromatic heterocycles. The number of amides is 1. The van der Waals surface area contributed by atoms with Crippen LogP contribution in [-0.4, -0.2) is 28.1 Å². The van der Waals surface area contributed by atoms with Crippen molar-refractivity contribution in [1.29, 1.82) is 0 Å². The number of nitrogens with zero attached hydrogens (tertiary/aromatic N) is 1. The maximum atomic E-state index is 12.4. The third-order valence-electron chi connectivity index (χ3n) is 4.83. The number of carbonyl (C=O) groups excluding carboxylic acids is 1. The van der Waals surface area contributed by atoms with Crippen LogP contribution in [-0.2, 0) is 0 Å². The van der Waals surface area contributed by atoms with Crippen LogP contribution in [0, 0.1) is 0 Å². The van der Waals surface area contributed by atoms with Crippen LogP contribution in [0.2, 0.25) is 0 Å². The third-order valence-corrected chi connectivity index (χ3v) is 5.71. The lowest BCUT2D eigenvalue weighted by Gasteiger charge is -2.26. The third kappa shape index (κ3) is 3.43. The summed E-state index contributed by atoms with van der Waals surface area (Å²) in [5.74, 6) is -0.0466. The Hall–Kier alpha value is -2.24. The molecule has 0 unspecified atom stereocenters. The van der Waals surface area contributed by atoms with Crippen LogP contribution in [0.1, 0.15) is 36.0 Å². The fraction of sp³-hybridized carbons (Fsp3) is 0.300. The fourth-order valence-electron chi connectivity index (χ4n) is 3.39. The SMILES string of the molecule is O=C(NC1CCC(O)CC1)c1ccc(-c2nccc3sccc23)cc1. The molecule has 0 radical (unpaired) electrons. The van der Waals surface area contributed by atoms with Crippen LogP contribution in [0.4, 0.5) is 0 Å². The molecule has 2 N–H and O–H groups in total. The minimum absolute atomic E-state index is 0.0466. The van der Waals surface area contributed by atoms with Gasteiger partial charge in [0.1, 0.15) is 0 Å². The van der Waals surface area contributed by atoms with E-state index in [4.69, 9.17) is 0 Å². The van der Waals surface area contributed by atoms with Crippen LogP contribution in [0.5, 0.6) is 0 Å². The Bertz CT molecular complexity index is 880. The van der Waals surface area contributed by atoms with Crippen molar-refractivity contribution in [1.82, 2.24) is 10.3 Å². The van der Waals surface area contributed by atoms with Crippen LogP contribution < -0.4 is 5.32 Å². The van der Waals surface area contributed by atoms with Crippen molar-refractivity contribution in [2.24, 2.45) is 0 Å². The second-order valence-electron chi connectivity index (χ2n) is 6.55. The van der Waals surface area contributed by atoms with Crippen molar-refractivity contribution in [3.8, 4) is 11.3 Å². The van der Waals surface area contributed by atoms with Gasteiger partial charge in [-0.05, 0) is 55.3 Å². The lowest BCUT2D eigenvalue weighted by atomic mass is 9.93. The number of pyridine rings is 1. The Morgan fingerprint density at radius 3 is 2.60 bits per heavy atom. The van der Waals surface area contributed by atoms with Gasteiger partial charge in [-0.3, -0.25) is 9.78 Å². The molecule has 2 heterocycles. The van der Waals surface area contributed by atoms with E-state index in [9.17, 15) is 9.90 Å². The Morgan fingerprint density at radius 1 is 1.08 bits per heavy atom. The second-order valence-corrected chi connectivity index (χ2v) is 7.50. The molecule has 128 valence electrons. The summed E-state index contributed by atoms with van der Waals surface area (Å²) in [5.41, 5.74) is 2.63. The fourth-order valence-corrected chi connectivity index (χ4v) is 4.17. The van der Waals surface area contributed by atoms with Crippen LogP contribution >= 0.6 is 11.3 Å². The molecule has 4 nitrogen and oxygen atoms in total. The van der Waals surface area contributed by atoms with Gasteiger partial charge in [-0.15, -0.1) is 11.3 Å². The Labute approximate surface area is 150 Å². The number of thiophene rings is 1. The summed E-state index contributed by atoms with van der Waals surface area (Å²) in [4.78, 5) is 16.9. The second kappa shape index (κ2) is 6.94. The van der Waals surface area contributed by atoms with Gasteiger partial charge in [0.2, 0.25) is 0 Å². The molecule has 0 aliphatic heterocycles. The molecule has 4 rings (SSSR count). The average molecular weight is 352 g/mol. The Balaban J connectivity index is 1.50. The predicted molar refractivity (Wildman–Crippen MR) is 101 cm³/mol. The van der Waals surface area contributed by atoms with E-state index in [0.717, 1.165) is 42.3 Å². The number of rotatable bonds is 3. The van der Waals surface area contributed by atoms with E-state index in [1.165, 1.54) is 4.70 Å². The minimum atomic E-state index is -0.209. The summed E-state index contributed by atoms with van der Waals surface area (Å²) >= 11 is 1.70. The van der Waals surface area contributed by atoms with E-state index >= 15 is 0 Å². The van der Waals surface area contributed by atoms with E-state index in [1.54, 1.807) is 11.3 Å². The van der Waals surface area contributed by atoms with Crippen molar-refractivity contribution >= 4 is 27.3 Å². The van der Waals surface area contributed by atoms with Gasteiger partial charge >= 0.3 is 0 Å². The molecule has 1 aliphatic rings. The van der Waals surface area contributed by atoms with E-state index in [1.807, 2.05) is 36.5 Å². The summed E-state index contributed by atoms with van der Waals surface area (Å²) in [5, 5.41) is 15.8. The first-order valence-electron chi connectivity index (χ1n) is 8.62. The zero-order chi connectivity index (χ0) is 17.2. The highest BCUT2D eigenvalue weighted by Gasteiger charge is 2.21. The number of fused-ring (bicyclic) bond motifs is 1. The number of hydrogen-bond donors (Lipinski definition) is 2. The smallest absolute Gasteiger partial charge is 0.251 e. The van der Waals surface area contributed by atoms with Crippen LogP contribution in [0.3, 0.4) is 0 Å². The molecule has 1 fully saturated rings. The summed E-state index contributed by atoms with van der Waals surface area (Å²) in [6, 6.07) is 11.9. The average Bonchev–Trinajstić information content (AvgIpc) is 3.12. The number of benzene rings is 1. The summed E-state index contributed by atoms with van der Waals surface area (Å²) in [6.07, 6.45) is 4.83. The molecule has 1 aliphatic carbocycles. The highest BCUT2D eigenvalue weighted by Crippen LogP contribution is 2.29.